The van der Waals surface area contributed by atoms with E-state index in [9.17, 15) is 9.00 Å². The molecular formula is C22H20N6O2S2. The Morgan fingerprint density at radius 1 is 0.875 bits per heavy atom. The number of hydrogen-bond acceptors (Lipinski definition) is 7. The van der Waals surface area contributed by atoms with E-state index in [1.54, 1.807) is 24.3 Å². The van der Waals surface area contributed by atoms with E-state index < -0.39 is 11.0 Å². The first kappa shape index (κ1) is 21.8. The van der Waals surface area contributed by atoms with E-state index in [1.807, 2.05) is 48.5 Å². The van der Waals surface area contributed by atoms with Crippen molar-refractivity contribution >= 4 is 62.9 Å². The summed E-state index contributed by atoms with van der Waals surface area (Å²) in [5.74, 6) is 0.996. The van der Waals surface area contributed by atoms with E-state index in [2.05, 4.69) is 15.4 Å². The van der Waals surface area contributed by atoms with Gasteiger partial charge < -0.3 is 15.4 Å². The maximum atomic E-state index is 11.4. The van der Waals surface area contributed by atoms with E-state index in [0.717, 1.165) is 27.3 Å². The molecule has 0 radical (unpaired) electrons. The summed E-state index contributed by atoms with van der Waals surface area (Å²) in [6.07, 6.45) is 0. The minimum Gasteiger partial charge on any atom is -0.337 e. The highest BCUT2D eigenvalue weighted by Crippen LogP contribution is 2.29. The van der Waals surface area contributed by atoms with E-state index in [-0.39, 0.29) is 5.91 Å². The summed E-state index contributed by atoms with van der Waals surface area (Å²) in [7, 11) is -1.53. The zero-order valence-corrected chi connectivity index (χ0v) is 18.7. The molecule has 0 aliphatic rings. The largest absolute Gasteiger partial charge is 0.337 e. The normalized spacial score (nSPS) is 11.7. The first-order valence-electron chi connectivity index (χ1n) is 9.58. The van der Waals surface area contributed by atoms with Crippen molar-refractivity contribution in [2.45, 2.75) is 16.7 Å². The van der Waals surface area contributed by atoms with Gasteiger partial charge in [-0.3, -0.25) is 4.79 Å². The van der Waals surface area contributed by atoms with Crippen LogP contribution in [0.25, 0.3) is 11.0 Å². The van der Waals surface area contributed by atoms with Gasteiger partial charge in [-0.25, -0.2) is 19.3 Å². The van der Waals surface area contributed by atoms with Gasteiger partial charge in [-0.2, -0.15) is 0 Å². The van der Waals surface area contributed by atoms with Crippen LogP contribution in [0.3, 0.4) is 0 Å². The van der Waals surface area contributed by atoms with Crippen molar-refractivity contribution in [3.05, 3.63) is 72.8 Å². The molecule has 8 nitrogen and oxygen atoms in total. The van der Waals surface area contributed by atoms with Gasteiger partial charge in [0.15, 0.2) is 11.6 Å². The fraction of sp³-hybridized carbons (Fsp3) is 0.0455. The van der Waals surface area contributed by atoms with E-state index in [0.29, 0.717) is 16.5 Å². The predicted molar refractivity (Wildman–Crippen MR) is 130 cm³/mol. The van der Waals surface area contributed by atoms with Gasteiger partial charge in [0.1, 0.15) is 11.0 Å². The Bertz CT molecular complexity index is 1280. The number of hydrogen-bond donors (Lipinski definition) is 4. The highest BCUT2D eigenvalue weighted by molar-refractivity contribution is 8.00. The lowest BCUT2D eigenvalue weighted by Crippen LogP contribution is -2.05. The zero-order chi connectivity index (χ0) is 22.5. The number of benzene rings is 3. The Morgan fingerprint density at radius 3 is 2.06 bits per heavy atom. The van der Waals surface area contributed by atoms with E-state index in [4.69, 9.17) is 15.1 Å². The Balaban J connectivity index is 1.58. The van der Waals surface area contributed by atoms with Crippen LogP contribution in [-0.2, 0) is 15.8 Å². The van der Waals surface area contributed by atoms with Gasteiger partial charge in [0, 0.05) is 23.2 Å². The molecule has 0 aliphatic carbocycles. The van der Waals surface area contributed by atoms with Crippen LogP contribution in [0, 0.1) is 0 Å². The molecule has 0 fully saturated rings. The topological polar surface area (TPSA) is 122 Å². The molecule has 1 amide bonds. The molecule has 32 heavy (non-hydrogen) atoms. The molecule has 1 heterocycles. The monoisotopic (exact) mass is 464 g/mol. The van der Waals surface area contributed by atoms with Crippen molar-refractivity contribution in [3.63, 3.8) is 0 Å². The molecule has 162 valence electrons. The van der Waals surface area contributed by atoms with Gasteiger partial charge in [-0.15, -0.1) is 0 Å². The quantitative estimate of drug-likeness (QED) is 0.298. The van der Waals surface area contributed by atoms with Crippen molar-refractivity contribution in [1.29, 1.82) is 0 Å². The minimum atomic E-state index is -1.53. The molecule has 1 aromatic heterocycles. The molecule has 0 saturated heterocycles. The number of rotatable bonds is 7. The molecule has 4 aromatic rings. The molecule has 0 saturated carbocycles. The van der Waals surface area contributed by atoms with Crippen LogP contribution in [0.2, 0.25) is 0 Å². The number of amides is 1. The summed E-state index contributed by atoms with van der Waals surface area (Å²) < 4.78 is 14.7. The van der Waals surface area contributed by atoms with Gasteiger partial charge in [0.2, 0.25) is 5.91 Å². The molecule has 0 aliphatic heterocycles. The summed E-state index contributed by atoms with van der Waals surface area (Å²) in [4.78, 5) is 22.1. The lowest BCUT2D eigenvalue weighted by molar-refractivity contribution is -0.114. The Morgan fingerprint density at radius 2 is 1.47 bits per heavy atom. The lowest BCUT2D eigenvalue weighted by Gasteiger charge is -2.13. The molecular weight excluding hydrogens is 444 g/mol. The average molecular weight is 465 g/mol. The first-order chi connectivity index (χ1) is 15.5. The standard InChI is InChI=1S/C22H20N6O2S2/c1-14(29)24-15-6-10-17(11-7-15)31-28-22-21(26-19-4-2-3-5-20(19)27-22)25-16-8-12-18(13-9-16)32(23)30/h2-13H,23H2,1H3,(H,24,29)(H,25,26)(H,27,28). The van der Waals surface area contributed by atoms with Crippen LogP contribution < -0.4 is 20.5 Å². The smallest absolute Gasteiger partial charge is 0.221 e. The molecule has 0 spiro atoms. The number of aromatic nitrogens is 2. The van der Waals surface area contributed by atoms with Crippen LogP contribution in [-0.4, -0.2) is 20.1 Å². The van der Waals surface area contributed by atoms with E-state index in [1.165, 1.54) is 18.9 Å². The summed E-state index contributed by atoms with van der Waals surface area (Å²) in [6.45, 7) is 1.47. The number of carbonyl (C=O) groups is 1. The van der Waals surface area contributed by atoms with Crippen LogP contribution in [0.15, 0.2) is 82.6 Å². The van der Waals surface area contributed by atoms with Crippen molar-refractivity contribution in [2.75, 3.05) is 15.4 Å². The van der Waals surface area contributed by atoms with E-state index >= 15 is 0 Å². The third kappa shape index (κ3) is 5.41. The van der Waals surface area contributed by atoms with Crippen LogP contribution >= 0.6 is 11.9 Å². The number of nitrogens with one attached hydrogen (secondary N) is 3. The second kappa shape index (κ2) is 9.77. The summed E-state index contributed by atoms with van der Waals surface area (Å²) in [5.41, 5.74) is 3.01. The Kier molecular flexibility index (Phi) is 6.64. The molecule has 1 unspecified atom stereocenters. The van der Waals surface area contributed by atoms with Gasteiger partial charge in [-0.05, 0) is 72.6 Å². The first-order valence-corrected chi connectivity index (χ1v) is 11.6. The van der Waals surface area contributed by atoms with Crippen LogP contribution in [0.1, 0.15) is 6.92 Å². The van der Waals surface area contributed by atoms with Gasteiger partial charge in [0.25, 0.3) is 0 Å². The number of anilines is 4. The number of nitrogens with two attached hydrogens (primary N) is 1. The Hall–Kier alpha value is -3.47. The van der Waals surface area contributed by atoms with Crippen LogP contribution in [0.4, 0.5) is 23.0 Å². The summed E-state index contributed by atoms with van der Waals surface area (Å²) in [5, 5.41) is 11.4. The highest BCUT2D eigenvalue weighted by Gasteiger charge is 2.10. The second-order valence-corrected chi connectivity index (χ2v) is 8.71. The van der Waals surface area contributed by atoms with Crippen molar-refractivity contribution in [3.8, 4) is 0 Å². The molecule has 3 aromatic carbocycles. The lowest BCUT2D eigenvalue weighted by atomic mass is 10.3. The maximum Gasteiger partial charge on any atom is 0.221 e. The molecule has 1 atom stereocenters. The molecule has 5 N–H and O–H groups in total. The fourth-order valence-corrected chi connectivity index (χ4v) is 3.92. The number of para-hydroxylation sites is 2. The minimum absolute atomic E-state index is 0.114. The fourth-order valence-electron chi connectivity index (χ4n) is 2.88. The van der Waals surface area contributed by atoms with Crippen molar-refractivity contribution < 1.29 is 9.00 Å². The SMILES string of the molecule is CC(=O)Nc1ccc(SNc2nc3ccccc3nc2Nc2ccc(S(N)=O)cc2)cc1. The Labute approximate surface area is 191 Å². The summed E-state index contributed by atoms with van der Waals surface area (Å²) in [6, 6.07) is 22.0. The molecule has 4 rings (SSSR count). The van der Waals surface area contributed by atoms with Crippen molar-refractivity contribution in [2.24, 2.45) is 5.14 Å². The highest BCUT2D eigenvalue weighted by atomic mass is 32.2. The second-order valence-electron chi connectivity index (χ2n) is 6.77. The van der Waals surface area contributed by atoms with Crippen molar-refractivity contribution in [1.82, 2.24) is 9.97 Å². The third-order valence-corrected chi connectivity index (χ3v) is 5.90. The maximum absolute atomic E-state index is 11.4. The average Bonchev–Trinajstić information content (AvgIpc) is 2.78. The molecule has 0 bridgehead atoms. The van der Waals surface area contributed by atoms with Gasteiger partial charge in [0.05, 0.1) is 15.9 Å². The van der Waals surface area contributed by atoms with Gasteiger partial charge >= 0.3 is 0 Å². The molecule has 10 heteroatoms. The van der Waals surface area contributed by atoms with Crippen LogP contribution in [0.5, 0.6) is 0 Å². The van der Waals surface area contributed by atoms with Gasteiger partial charge in [-0.1, -0.05) is 12.1 Å². The summed E-state index contributed by atoms with van der Waals surface area (Å²) >= 11 is 1.38. The zero-order valence-electron chi connectivity index (χ0n) is 17.0. The predicted octanol–water partition coefficient (Wildman–Crippen LogP) is 4.43. The number of nitrogens with zero attached hydrogens (tertiary/aromatic N) is 2. The number of fused-ring (bicyclic) bond motifs is 1. The third-order valence-electron chi connectivity index (χ3n) is 4.36. The number of carbonyl (C=O) groups excluding carboxylic acids is 1.